The van der Waals surface area contributed by atoms with E-state index in [2.05, 4.69) is 30.3 Å². The summed E-state index contributed by atoms with van der Waals surface area (Å²) in [6.07, 6.45) is 12.7. The number of hydrogen-bond donors (Lipinski definition) is 2. The second kappa shape index (κ2) is 8.68. The molecule has 0 unspecified atom stereocenters. The Labute approximate surface area is 146 Å². The van der Waals surface area contributed by atoms with E-state index in [-0.39, 0.29) is 0 Å². The van der Waals surface area contributed by atoms with Gasteiger partial charge in [0.05, 0.1) is 0 Å². The van der Waals surface area contributed by atoms with Gasteiger partial charge in [0.2, 0.25) is 0 Å². The van der Waals surface area contributed by atoms with Gasteiger partial charge in [-0.2, -0.15) is 0 Å². The van der Waals surface area contributed by atoms with E-state index >= 15 is 0 Å². The number of hydrogen-bond acceptors (Lipinski definition) is 3. The molecule has 3 rings (SSSR count). The third kappa shape index (κ3) is 4.15. The Morgan fingerprint density at radius 1 is 0.783 bits per heavy atom. The van der Waals surface area contributed by atoms with Crippen molar-refractivity contribution in [3.05, 3.63) is 30.3 Å². The molecule has 3 nitrogen and oxygen atoms in total. The summed E-state index contributed by atoms with van der Waals surface area (Å²) in [5.41, 5.74) is 0. The molecular weight excluding hydrogens is 504 g/mol. The van der Waals surface area contributed by atoms with E-state index in [1.165, 1.54) is 67.5 Å². The van der Waals surface area contributed by atoms with Crippen molar-refractivity contribution in [3.8, 4) is 0 Å². The Morgan fingerprint density at radius 3 is 1.70 bits per heavy atom. The summed E-state index contributed by atoms with van der Waals surface area (Å²) in [4.78, 5) is 19.7. The van der Waals surface area contributed by atoms with Gasteiger partial charge in [0.1, 0.15) is 0 Å². The van der Waals surface area contributed by atoms with Crippen molar-refractivity contribution in [1.29, 1.82) is 0 Å². The first-order chi connectivity index (χ1) is 11.2. The molecule has 130 valence electrons. The molecule has 0 atom stereocenters. The predicted octanol–water partition coefficient (Wildman–Crippen LogP) is 4.47. The van der Waals surface area contributed by atoms with Gasteiger partial charge in [-0.3, -0.25) is 0 Å². The first-order valence-electron chi connectivity index (χ1n) is 9.16. The van der Waals surface area contributed by atoms with Crippen molar-refractivity contribution in [1.82, 2.24) is 0 Å². The fourth-order valence-electron chi connectivity index (χ4n) is 4.90. The minimum absolute atomic E-state index is 0.617. The van der Waals surface area contributed by atoms with Gasteiger partial charge in [0.15, 0.2) is 0 Å². The van der Waals surface area contributed by atoms with Gasteiger partial charge < -0.3 is 0 Å². The van der Waals surface area contributed by atoms with Crippen molar-refractivity contribution in [2.75, 3.05) is 0 Å². The van der Waals surface area contributed by atoms with E-state index in [1.807, 2.05) is 0 Å². The molecule has 0 saturated heterocycles. The molecule has 1 aromatic rings. The summed E-state index contributed by atoms with van der Waals surface area (Å²) in [5.74, 6) is 0. The van der Waals surface area contributed by atoms with E-state index in [1.54, 1.807) is 0 Å². The van der Waals surface area contributed by atoms with E-state index in [0.29, 0.717) is 7.25 Å². The summed E-state index contributed by atoms with van der Waals surface area (Å²) >= 11 is -3.54. The maximum absolute atomic E-state index is 9.86. The molecule has 0 bridgehead atoms. The van der Waals surface area contributed by atoms with Gasteiger partial charge in [-0.1, -0.05) is 0 Å². The van der Waals surface area contributed by atoms with Crippen LogP contribution in [0.25, 0.3) is 0 Å². The van der Waals surface area contributed by atoms with Crippen molar-refractivity contribution in [3.63, 3.8) is 0 Å². The van der Waals surface area contributed by atoms with Crippen LogP contribution in [0.15, 0.2) is 30.3 Å². The van der Waals surface area contributed by atoms with Crippen LogP contribution in [0.4, 0.5) is 0 Å². The molecule has 2 saturated carbocycles. The van der Waals surface area contributed by atoms with Crippen LogP contribution in [0.5, 0.6) is 0 Å². The molecule has 23 heavy (non-hydrogen) atoms. The van der Waals surface area contributed by atoms with E-state index in [0.717, 1.165) is 0 Å². The quantitative estimate of drug-likeness (QED) is 0.433. The molecule has 2 N–H and O–H groups in total. The minimum atomic E-state index is -3.54. The average molecular weight is 534 g/mol. The summed E-state index contributed by atoms with van der Waals surface area (Å²) in [7, 11) is -2.26. The van der Waals surface area contributed by atoms with Crippen LogP contribution in [0.1, 0.15) is 64.2 Å². The van der Waals surface area contributed by atoms with E-state index < -0.39 is 29.3 Å². The van der Waals surface area contributed by atoms with Gasteiger partial charge in [-0.05, 0) is 0 Å². The molecule has 0 aliphatic heterocycles. The van der Waals surface area contributed by atoms with E-state index in [9.17, 15) is 9.79 Å². The zero-order valence-electron chi connectivity index (χ0n) is 13.9. The molecule has 0 radical (unpaired) electrons. The molecule has 2 aliphatic rings. The predicted molar refractivity (Wildman–Crippen MR) is 99.3 cm³/mol. The van der Waals surface area contributed by atoms with Crippen LogP contribution in [-0.2, 0) is 2.60 Å². The molecule has 0 amide bonds. The molecule has 2 aliphatic carbocycles. The molecular formula is C18H30BiO3P. The van der Waals surface area contributed by atoms with Crippen molar-refractivity contribution >= 4 is 32.6 Å². The standard InChI is InChI=1S/2C6H11.C6H5.Bi.H2O3P.H/c3*1-2-4-6-5-3-1;;1-4(2)3;/h2*1H,2-6H2;1-5H;;1-2H;/q;;;+1;-1;. The monoisotopic (exact) mass is 534 g/mol. The molecule has 0 aromatic heterocycles. The topological polar surface area (TPSA) is 49.7 Å². The van der Waals surface area contributed by atoms with Crippen molar-refractivity contribution < 1.29 is 12.4 Å². The van der Waals surface area contributed by atoms with Crippen molar-refractivity contribution in [2.45, 2.75) is 71.5 Å². The third-order valence-corrected chi connectivity index (χ3v) is 30.5. The molecule has 0 heterocycles. The third-order valence-electron chi connectivity index (χ3n) is 5.88. The van der Waals surface area contributed by atoms with Gasteiger partial charge in [0.25, 0.3) is 0 Å². The normalized spacial score (nSPS) is 22.4. The average Bonchev–Trinajstić information content (AvgIpc) is 2.62. The van der Waals surface area contributed by atoms with Crippen molar-refractivity contribution in [2.24, 2.45) is 0 Å². The molecule has 1 aromatic carbocycles. The Hall–Kier alpha value is 0.413. The zero-order valence-corrected chi connectivity index (χ0v) is 18.6. The fraction of sp³-hybridized carbons (Fsp3) is 0.667. The van der Waals surface area contributed by atoms with Gasteiger partial charge in [-0.25, -0.2) is 0 Å². The van der Waals surface area contributed by atoms with Crippen LogP contribution < -0.4 is 3.27 Å². The van der Waals surface area contributed by atoms with Crippen LogP contribution in [-0.4, -0.2) is 30.5 Å². The second-order valence-electron chi connectivity index (χ2n) is 7.17. The SMILES string of the molecule is OP(O)[O][BiH]([c]1ccccc1)([CH]1CCCCC1)[CH]1CCCCC1. The van der Waals surface area contributed by atoms with Gasteiger partial charge >= 0.3 is 147 Å². The molecule has 0 spiro atoms. The molecule has 5 heteroatoms. The second-order valence-corrected chi connectivity index (χ2v) is 24.7. The zero-order chi connectivity index (χ0) is 16.1. The number of rotatable bonds is 5. The van der Waals surface area contributed by atoms with Crippen LogP contribution >= 0.6 is 8.60 Å². The van der Waals surface area contributed by atoms with Gasteiger partial charge in [-0.15, -0.1) is 0 Å². The summed E-state index contributed by atoms with van der Waals surface area (Å²) in [5, 5.41) is 0. The van der Waals surface area contributed by atoms with Crippen LogP contribution in [0.3, 0.4) is 0 Å². The fourth-order valence-corrected chi connectivity index (χ4v) is 32.3. The maximum atomic E-state index is 9.86. The summed E-state index contributed by atoms with van der Waals surface area (Å²) in [6, 6.07) is 10.7. The summed E-state index contributed by atoms with van der Waals surface area (Å²) < 4.78 is 8.90. The first-order valence-corrected chi connectivity index (χ1v) is 18.3. The number of benzene rings is 1. The molecule has 2 fully saturated rings. The Bertz CT molecular complexity index is 452. The van der Waals surface area contributed by atoms with Crippen LogP contribution in [0.2, 0.25) is 7.25 Å². The Balaban J connectivity index is 2.03. The Morgan fingerprint density at radius 2 is 1.26 bits per heavy atom. The van der Waals surface area contributed by atoms with Crippen LogP contribution in [0, 0.1) is 0 Å². The first kappa shape index (κ1) is 18.2. The Kier molecular flexibility index (Phi) is 6.87. The van der Waals surface area contributed by atoms with E-state index in [4.69, 9.17) is 2.60 Å². The summed E-state index contributed by atoms with van der Waals surface area (Å²) in [6.45, 7) is 0. The van der Waals surface area contributed by atoms with Gasteiger partial charge in [0, 0.05) is 0 Å².